The smallest absolute Gasteiger partial charge is 0.338 e. The van der Waals surface area contributed by atoms with Crippen LogP contribution in [-0.2, 0) is 33.6 Å². The monoisotopic (exact) mass is 587 g/mol. The fraction of sp³-hybridized carbons (Fsp3) is 0.720. The summed E-state index contributed by atoms with van der Waals surface area (Å²) in [5.74, 6) is -13.8. The first-order valence-corrected chi connectivity index (χ1v) is 13.2. The molecule has 1 heterocycles. The average Bonchev–Trinajstić information content (AvgIpc) is 3.41. The van der Waals surface area contributed by atoms with Crippen LogP contribution in [0.15, 0.2) is 0 Å². The molecule has 232 valence electrons. The first-order valence-electron chi connectivity index (χ1n) is 13.2. The molecule has 0 aromatic heterocycles. The molecule has 11 N–H and O–H groups in total. The highest BCUT2D eigenvalue weighted by Crippen LogP contribution is 2.36. The molecule has 41 heavy (non-hydrogen) atoms. The van der Waals surface area contributed by atoms with Gasteiger partial charge in [-0.05, 0) is 45.1 Å². The Bertz CT molecular complexity index is 1030. The molecule has 7 unspecified atom stereocenters. The first-order chi connectivity index (χ1) is 18.9. The Morgan fingerprint density at radius 3 is 1.93 bits per heavy atom. The van der Waals surface area contributed by atoms with E-state index in [1.165, 1.54) is 0 Å². The molecular weight excluding hydrogens is 546 g/mol. The van der Waals surface area contributed by atoms with Gasteiger partial charge in [-0.25, -0.2) is 4.79 Å². The highest BCUT2D eigenvalue weighted by Gasteiger charge is 2.65. The van der Waals surface area contributed by atoms with E-state index in [0.29, 0.717) is 6.42 Å². The summed E-state index contributed by atoms with van der Waals surface area (Å²) in [6.45, 7) is 4.63. The summed E-state index contributed by atoms with van der Waals surface area (Å²) in [4.78, 5) is 91.8. The second-order valence-electron chi connectivity index (χ2n) is 10.7. The maximum atomic E-state index is 14.2. The van der Waals surface area contributed by atoms with Crippen molar-refractivity contribution >= 4 is 41.3 Å². The molecule has 0 aromatic carbocycles. The summed E-state index contributed by atoms with van der Waals surface area (Å²) in [5.41, 5.74) is 14.2. The number of carbonyl (C=O) groups excluding carboxylic acids is 4. The molecule has 1 saturated heterocycles. The number of Topliss-reactive ketones (excluding diaryl/α,β-unsaturated/α-hetero) is 2. The van der Waals surface area contributed by atoms with Crippen LogP contribution in [0.3, 0.4) is 0 Å². The van der Waals surface area contributed by atoms with Crippen LogP contribution in [0.1, 0.15) is 59.3 Å². The zero-order chi connectivity index (χ0) is 31.8. The van der Waals surface area contributed by atoms with E-state index in [0.717, 1.165) is 6.92 Å². The molecule has 0 aromatic rings. The molecule has 1 fully saturated rings. The van der Waals surface area contributed by atoms with Gasteiger partial charge in [-0.2, -0.15) is 0 Å². The number of hydrogen-bond donors (Lipinski definition) is 8. The van der Waals surface area contributed by atoms with Crippen molar-refractivity contribution in [1.82, 2.24) is 10.2 Å². The van der Waals surface area contributed by atoms with E-state index in [1.807, 2.05) is 0 Å². The number of aliphatic hydroxyl groups excluding tert-OH is 1. The molecule has 0 bridgehead atoms. The summed E-state index contributed by atoms with van der Waals surface area (Å²) in [5, 5.41) is 42.3. The molecule has 2 amide bonds. The van der Waals surface area contributed by atoms with Crippen molar-refractivity contribution < 1.29 is 54.0 Å². The number of rotatable bonds is 17. The molecule has 1 aliphatic heterocycles. The highest BCUT2D eigenvalue weighted by atomic mass is 16.4. The quantitative estimate of drug-likeness (QED) is 0.0810. The number of carboxylic acid groups (broad SMARTS) is 3. The number of nitrogens with zero attached hydrogens (tertiary/aromatic N) is 1. The Morgan fingerprint density at radius 1 is 0.927 bits per heavy atom. The molecule has 0 spiro atoms. The second-order valence-corrected chi connectivity index (χ2v) is 10.7. The van der Waals surface area contributed by atoms with Gasteiger partial charge in [-0.3, -0.25) is 33.7 Å². The number of carbonyl (C=O) groups is 7. The molecule has 16 nitrogen and oxygen atoms in total. The predicted molar refractivity (Wildman–Crippen MR) is 141 cm³/mol. The third-order valence-corrected chi connectivity index (χ3v) is 6.98. The van der Waals surface area contributed by atoms with Crippen LogP contribution < -0.4 is 22.5 Å². The Kier molecular flexibility index (Phi) is 13.1. The zero-order valence-corrected chi connectivity index (χ0v) is 23.3. The van der Waals surface area contributed by atoms with Crippen LogP contribution in [0, 0.1) is 11.8 Å². The lowest BCUT2D eigenvalue weighted by Gasteiger charge is -2.45. The van der Waals surface area contributed by atoms with Gasteiger partial charge >= 0.3 is 17.9 Å². The molecule has 7 atom stereocenters. The number of ketones is 2. The number of nitrogens with one attached hydrogen (secondary N) is 1. The van der Waals surface area contributed by atoms with Crippen molar-refractivity contribution in [3.63, 3.8) is 0 Å². The molecule has 0 radical (unpaired) electrons. The van der Waals surface area contributed by atoms with Crippen molar-refractivity contribution in [2.75, 3.05) is 6.54 Å². The van der Waals surface area contributed by atoms with E-state index in [9.17, 15) is 48.9 Å². The van der Waals surface area contributed by atoms with Gasteiger partial charge < -0.3 is 42.9 Å². The number of aliphatic hydroxyl groups is 1. The second kappa shape index (κ2) is 15.1. The highest BCUT2D eigenvalue weighted by molar-refractivity contribution is 6.21. The van der Waals surface area contributed by atoms with Gasteiger partial charge in [0.25, 0.3) is 0 Å². The Labute approximate surface area is 236 Å². The molecule has 16 heteroatoms. The van der Waals surface area contributed by atoms with Gasteiger partial charge in [-0.15, -0.1) is 0 Å². The molecule has 1 rings (SSSR count). The lowest BCUT2D eigenvalue weighted by Crippen LogP contribution is -2.75. The SMILES string of the molecule is CC(C)CC(N)C(=O)C(CC(=O)O)C(C(=O)O)(C(=O)C1CCCN1)N(C(=O)C(N)CCC(=O)O)C(=O)C(N)C(C)O. The minimum atomic E-state index is -3.52. The number of nitrogens with two attached hydrogens (primary N) is 3. The maximum Gasteiger partial charge on any atom is 0.338 e. The number of aliphatic carboxylic acids is 3. The Morgan fingerprint density at radius 2 is 1.51 bits per heavy atom. The summed E-state index contributed by atoms with van der Waals surface area (Å²) in [6.07, 6.45) is -4.05. The average molecular weight is 588 g/mol. The summed E-state index contributed by atoms with van der Waals surface area (Å²) >= 11 is 0. The van der Waals surface area contributed by atoms with E-state index < -0.39 is 102 Å². The first kappa shape index (κ1) is 35.7. The standard InChI is InChI=1S/C25H41N5O11/c1-11(2)9-15(27)20(36)13(10-18(34)35)25(24(40)41,21(37)16-5-4-8-29-16)30(23(39)19(28)12(3)31)22(38)14(26)6-7-17(32)33/h11-16,19,29,31H,4-10,26-28H2,1-3H3,(H,32,33)(H,34,35)(H,40,41). The van der Waals surface area contributed by atoms with Crippen molar-refractivity contribution in [2.45, 2.75) is 95.1 Å². The Hall–Kier alpha value is -3.31. The topological polar surface area (TPSA) is 294 Å². The van der Waals surface area contributed by atoms with Gasteiger partial charge in [-0.1, -0.05) is 13.8 Å². The van der Waals surface area contributed by atoms with E-state index in [4.69, 9.17) is 22.3 Å². The largest absolute Gasteiger partial charge is 0.481 e. The number of imide groups is 1. The van der Waals surface area contributed by atoms with Gasteiger partial charge in [0.05, 0.1) is 36.6 Å². The van der Waals surface area contributed by atoms with Crippen LogP contribution in [0.25, 0.3) is 0 Å². The number of hydrogen-bond acceptors (Lipinski definition) is 12. The summed E-state index contributed by atoms with van der Waals surface area (Å²) < 4.78 is 0. The third-order valence-electron chi connectivity index (χ3n) is 6.98. The summed E-state index contributed by atoms with van der Waals surface area (Å²) in [7, 11) is 0. The van der Waals surface area contributed by atoms with Crippen LogP contribution in [0.2, 0.25) is 0 Å². The van der Waals surface area contributed by atoms with Gasteiger partial charge in [0, 0.05) is 6.42 Å². The summed E-state index contributed by atoms with van der Waals surface area (Å²) in [6, 6.07) is -6.76. The van der Waals surface area contributed by atoms with E-state index in [2.05, 4.69) is 5.32 Å². The molecular formula is C25H41N5O11. The van der Waals surface area contributed by atoms with Crippen LogP contribution >= 0.6 is 0 Å². The predicted octanol–water partition coefficient (Wildman–Crippen LogP) is -2.58. The van der Waals surface area contributed by atoms with E-state index in [-0.39, 0.29) is 30.2 Å². The van der Waals surface area contributed by atoms with Gasteiger partial charge in [0.2, 0.25) is 17.4 Å². The number of carboxylic acids is 3. The maximum absolute atomic E-state index is 14.2. The zero-order valence-electron chi connectivity index (χ0n) is 23.3. The van der Waals surface area contributed by atoms with E-state index >= 15 is 0 Å². The van der Waals surface area contributed by atoms with Crippen molar-refractivity contribution in [2.24, 2.45) is 29.0 Å². The molecule has 1 aliphatic rings. The van der Waals surface area contributed by atoms with Crippen LogP contribution in [0.5, 0.6) is 0 Å². The lowest BCUT2D eigenvalue weighted by molar-refractivity contribution is -0.180. The minimum Gasteiger partial charge on any atom is -0.481 e. The number of amides is 2. The lowest BCUT2D eigenvalue weighted by atomic mass is 9.69. The van der Waals surface area contributed by atoms with Crippen molar-refractivity contribution in [1.29, 1.82) is 0 Å². The normalized spacial score (nSPS) is 20.2. The van der Waals surface area contributed by atoms with Crippen LogP contribution in [-0.4, -0.2) is 109 Å². The fourth-order valence-corrected chi connectivity index (χ4v) is 4.85. The fourth-order valence-electron chi connectivity index (χ4n) is 4.85. The molecule has 0 aliphatic carbocycles. The molecule has 0 saturated carbocycles. The van der Waals surface area contributed by atoms with E-state index in [1.54, 1.807) is 13.8 Å². The van der Waals surface area contributed by atoms with Gasteiger partial charge in [0.1, 0.15) is 6.04 Å². The van der Waals surface area contributed by atoms with Crippen LogP contribution in [0.4, 0.5) is 0 Å². The minimum absolute atomic E-state index is 0.0175. The van der Waals surface area contributed by atoms with Crippen molar-refractivity contribution in [3.8, 4) is 0 Å². The van der Waals surface area contributed by atoms with Gasteiger partial charge in [0.15, 0.2) is 11.6 Å². The third kappa shape index (κ3) is 8.36. The Balaban J connectivity index is 4.18. The van der Waals surface area contributed by atoms with Crippen molar-refractivity contribution in [3.05, 3.63) is 0 Å².